The van der Waals surface area contributed by atoms with Gasteiger partial charge in [0, 0.05) is 23.3 Å². The fourth-order valence-corrected chi connectivity index (χ4v) is 4.59. The zero-order valence-electron chi connectivity index (χ0n) is 17.5. The number of nitrogens with one attached hydrogen (secondary N) is 2. The van der Waals surface area contributed by atoms with Crippen molar-refractivity contribution in [3.05, 3.63) is 77.8 Å². The van der Waals surface area contributed by atoms with Crippen LogP contribution < -0.4 is 19.7 Å². The molecule has 0 spiro atoms. The third-order valence-electron chi connectivity index (χ3n) is 4.95. The van der Waals surface area contributed by atoms with E-state index in [-0.39, 0.29) is 23.0 Å². The van der Waals surface area contributed by atoms with Gasteiger partial charge in [-0.2, -0.15) is 0 Å². The van der Waals surface area contributed by atoms with E-state index in [1.54, 1.807) is 54.6 Å². The van der Waals surface area contributed by atoms with Crippen molar-refractivity contribution in [2.24, 2.45) is 0 Å². The second-order valence-corrected chi connectivity index (χ2v) is 9.45. The molecular weight excluding hydrogens is 466 g/mol. The van der Waals surface area contributed by atoms with Crippen LogP contribution >= 0.6 is 11.6 Å². The van der Waals surface area contributed by atoms with Gasteiger partial charge in [-0.05, 0) is 54.6 Å². The normalized spacial score (nSPS) is 15.2. The minimum Gasteiger partial charge on any atom is -0.476 e. The van der Waals surface area contributed by atoms with E-state index in [0.717, 1.165) is 0 Å². The molecule has 2 N–H and O–H groups in total. The molecule has 0 radical (unpaired) electrons. The lowest BCUT2D eigenvalue weighted by molar-refractivity contribution is -0.123. The lowest BCUT2D eigenvalue weighted by atomic mass is 10.1. The predicted molar refractivity (Wildman–Crippen MR) is 126 cm³/mol. The maximum Gasteiger partial charge on any atom is 0.267 e. The minimum atomic E-state index is -3.90. The van der Waals surface area contributed by atoms with Gasteiger partial charge < -0.3 is 15.0 Å². The maximum absolute atomic E-state index is 12.9. The Morgan fingerprint density at radius 2 is 1.73 bits per heavy atom. The Hall–Kier alpha value is -3.56. The van der Waals surface area contributed by atoms with Gasteiger partial charge >= 0.3 is 0 Å². The van der Waals surface area contributed by atoms with E-state index >= 15 is 0 Å². The van der Waals surface area contributed by atoms with Gasteiger partial charge in [-0.1, -0.05) is 29.8 Å². The van der Waals surface area contributed by atoms with Crippen molar-refractivity contribution >= 4 is 50.5 Å². The number of carbonyl (C=O) groups excluding carboxylic acids is 2. The largest absolute Gasteiger partial charge is 0.476 e. The Morgan fingerprint density at radius 1 is 1.00 bits per heavy atom. The van der Waals surface area contributed by atoms with Crippen LogP contribution in [0.1, 0.15) is 6.92 Å². The molecule has 10 heteroatoms. The molecule has 0 saturated heterocycles. The predicted octanol–water partition coefficient (Wildman–Crippen LogP) is 3.89. The van der Waals surface area contributed by atoms with Gasteiger partial charge in [-0.25, -0.2) is 8.42 Å². The number of benzene rings is 3. The molecule has 2 amide bonds. The smallest absolute Gasteiger partial charge is 0.267 e. The van der Waals surface area contributed by atoms with Crippen molar-refractivity contribution in [3.63, 3.8) is 0 Å². The molecule has 1 aliphatic heterocycles. The molecule has 0 bridgehead atoms. The summed E-state index contributed by atoms with van der Waals surface area (Å²) in [7, 11) is -3.90. The van der Waals surface area contributed by atoms with Crippen molar-refractivity contribution in [3.8, 4) is 5.75 Å². The highest BCUT2D eigenvalue weighted by Crippen LogP contribution is 2.33. The van der Waals surface area contributed by atoms with Crippen LogP contribution in [0.15, 0.2) is 77.7 Å². The molecule has 33 heavy (non-hydrogen) atoms. The summed E-state index contributed by atoms with van der Waals surface area (Å²) in [6.07, 6.45) is -0.962. The zero-order chi connectivity index (χ0) is 23.6. The Labute approximate surface area is 196 Å². The van der Waals surface area contributed by atoms with Crippen molar-refractivity contribution in [1.29, 1.82) is 0 Å². The molecule has 0 aromatic heterocycles. The summed E-state index contributed by atoms with van der Waals surface area (Å²) in [6.45, 7) is 1.45. The molecule has 1 aliphatic rings. The molecule has 1 heterocycles. The average Bonchev–Trinajstić information content (AvgIpc) is 2.79. The number of hydrogen-bond acceptors (Lipinski definition) is 5. The summed E-state index contributed by atoms with van der Waals surface area (Å²) in [6, 6.07) is 19.0. The molecule has 1 unspecified atom stereocenters. The number of carbonyl (C=O) groups is 2. The van der Waals surface area contributed by atoms with E-state index in [9.17, 15) is 18.0 Å². The Kier molecular flexibility index (Phi) is 6.26. The van der Waals surface area contributed by atoms with Crippen LogP contribution in [0.25, 0.3) is 0 Å². The number of para-hydroxylation sites is 2. The van der Waals surface area contributed by atoms with Crippen molar-refractivity contribution < 1.29 is 22.7 Å². The van der Waals surface area contributed by atoms with Crippen LogP contribution in [0.5, 0.6) is 5.75 Å². The third kappa shape index (κ3) is 5.10. The van der Waals surface area contributed by atoms with E-state index < -0.39 is 22.0 Å². The van der Waals surface area contributed by atoms with Crippen molar-refractivity contribution in [1.82, 2.24) is 0 Å². The topological polar surface area (TPSA) is 105 Å². The lowest BCUT2D eigenvalue weighted by Crippen LogP contribution is -2.48. The summed E-state index contributed by atoms with van der Waals surface area (Å²) in [5, 5.41) is 3.16. The minimum absolute atomic E-state index is 0.0319. The molecular formula is C23H20ClN3O5S. The summed E-state index contributed by atoms with van der Waals surface area (Å²) < 4.78 is 33.8. The molecule has 3 aromatic carbocycles. The summed E-state index contributed by atoms with van der Waals surface area (Å²) in [5.41, 5.74) is 1.22. The number of hydrogen-bond donors (Lipinski definition) is 2. The second kappa shape index (κ2) is 9.13. The highest BCUT2D eigenvalue weighted by atomic mass is 35.5. The van der Waals surface area contributed by atoms with Gasteiger partial charge in [0.25, 0.3) is 15.9 Å². The fourth-order valence-electron chi connectivity index (χ4n) is 3.36. The van der Waals surface area contributed by atoms with Gasteiger partial charge in [-0.15, -0.1) is 0 Å². The number of halogens is 1. The van der Waals surface area contributed by atoms with Gasteiger partial charge in [0.15, 0.2) is 6.10 Å². The molecule has 0 saturated carbocycles. The Balaban J connectivity index is 1.51. The Bertz CT molecular complexity index is 1310. The third-order valence-corrected chi connectivity index (χ3v) is 6.59. The first-order valence-corrected chi connectivity index (χ1v) is 11.8. The fraction of sp³-hybridized carbons (Fsp3) is 0.130. The quantitative estimate of drug-likeness (QED) is 0.570. The summed E-state index contributed by atoms with van der Waals surface area (Å²) in [5.74, 6) is -0.302. The number of rotatable bonds is 5. The number of fused-ring (bicyclic) bond motifs is 1. The van der Waals surface area contributed by atoms with Gasteiger partial charge in [-0.3, -0.25) is 14.3 Å². The number of ether oxygens (including phenoxy) is 1. The van der Waals surface area contributed by atoms with Crippen molar-refractivity contribution in [2.75, 3.05) is 21.5 Å². The number of sulfonamides is 1. The van der Waals surface area contributed by atoms with Crippen LogP contribution in [-0.2, 0) is 19.6 Å². The van der Waals surface area contributed by atoms with Gasteiger partial charge in [0.2, 0.25) is 5.91 Å². The molecule has 0 aliphatic carbocycles. The molecule has 170 valence electrons. The monoisotopic (exact) mass is 485 g/mol. The Morgan fingerprint density at radius 3 is 2.45 bits per heavy atom. The number of amides is 2. The van der Waals surface area contributed by atoms with E-state index in [2.05, 4.69) is 10.0 Å². The van der Waals surface area contributed by atoms with Crippen molar-refractivity contribution in [2.45, 2.75) is 17.9 Å². The molecule has 3 aromatic rings. The van der Waals surface area contributed by atoms with E-state index in [1.165, 1.54) is 30.0 Å². The lowest BCUT2D eigenvalue weighted by Gasteiger charge is -2.33. The van der Waals surface area contributed by atoms with Gasteiger partial charge in [0.05, 0.1) is 17.1 Å². The zero-order valence-corrected chi connectivity index (χ0v) is 19.1. The molecule has 0 fully saturated rings. The van der Waals surface area contributed by atoms with Crippen LogP contribution in [0.2, 0.25) is 5.02 Å². The highest BCUT2D eigenvalue weighted by molar-refractivity contribution is 7.92. The maximum atomic E-state index is 12.9. The van der Waals surface area contributed by atoms with Crippen LogP contribution in [0.3, 0.4) is 0 Å². The molecule has 8 nitrogen and oxygen atoms in total. The first-order valence-electron chi connectivity index (χ1n) is 9.96. The summed E-state index contributed by atoms with van der Waals surface area (Å²) in [4.78, 5) is 26.4. The molecule has 4 rings (SSSR count). The second-order valence-electron chi connectivity index (χ2n) is 7.33. The highest BCUT2D eigenvalue weighted by Gasteiger charge is 2.32. The van der Waals surface area contributed by atoms with E-state index in [0.29, 0.717) is 22.1 Å². The first-order chi connectivity index (χ1) is 15.7. The number of anilines is 3. The van der Waals surface area contributed by atoms with Gasteiger partial charge in [0.1, 0.15) is 5.75 Å². The van der Waals surface area contributed by atoms with Crippen LogP contribution in [0, 0.1) is 0 Å². The first kappa shape index (κ1) is 22.6. The van der Waals surface area contributed by atoms with Crippen LogP contribution in [0.4, 0.5) is 17.1 Å². The standard InChI is InChI=1S/C23H20ClN3O5S/c1-15(28)27-14-22(32-21-8-3-2-7-20(21)27)23(29)25-18-5-4-6-19(13-18)33(30,31)26-17-11-9-16(24)10-12-17/h2-13,22,26H,14H2,1H3,(H,25,29). The van der Waals surface area contributed by atoms with E-state index in [1.807, 2.05) is 0 Å². The molecule has 1 atom stereocenters. The number of nitrogens with zero attached hydrogens (tertiary/aromatic N) is 1. The summed E-state index contributed by atoms with van der Waals surface area (Å²) >= 11 is 5.84. The van der Waals surface area contributed by atoms with E-state index in [4.69, 9.17) is 16.3 Å². The average molecular weight is 486 g/mol. The van der Waals surface area contributed by atoms with Crippen LogP contribution in [-0.4, -0.2) is 32.9 Å². The SMILES string of the molecule is CC(=O)N1CC(C(=O)Nc2cccc(S(=O)(=O)Nc3ccc(Cl)cc3)c2)Oc2ccccc21.